The number of benzene rings is 2. The van der Waals surface area contributed by atoms with Crippen LogP contribution in [-0.2, 0) is 13.0 Å². The molecule has 0 N–H and O–H groups in total. The summed E-state index contributed by atoms with van der Waals surface area (Å²) in [4.78, 5) is 16.4. The van der Waals surface area contributed by atoms with Crippen molar-refractivity contribution in [3.63, 3.8) is 0 Å². The van der Waals surface area contributed by atoms with Crippen molar-refractivity contribution in [1.82, 2.24) is 19.8 Å². The van der Waals surface area contributed by atoms with E-state index in [1.807, 2.05) is 19.2 Å². The smallest absolute Gasteiger partial charge is 0.434 e. The number of hydrogen-bond donors (Lipinski definition) is 0. The molecule has 8 nitrogen and oxygen atoms in total. The van der Waals surface area contributed by atoms with E-state index in [1.54, 1.807) is 4.90 Å². The number of nitriles is 1. The summed E-state index contributed by atoms with van der Waals surface area (Å²) in [5.74, 6) is 1.35. The quantitative estimate of drug-likeness (QED) is 0.177. The van der Waals surface area contributed by atoms with Gasteiger partial charge in [-0.05, 0) is 56.8 Å². The van der Waals surface area contributed by atoms with Gasteiger partial charge in [0.25, 0.3) is 0 Å². The third kappa shape index (κ3) is 5.21. The summed E-state index contributed by atoms with van der Waals surface area (Å²) in [5, 5.41) is 12.2. The second-order valence-electron chi connectivity index (χ2n) is 11.5. The topological polar surface area (TPSA) is 71.5 Å². The van der Waals surface area contributed by atoms with Crippen molar-refractivity contribution in [3.05, 3.63) is 52.7 Å². The molecular formula is C31H37ClN7O+. The molecule has 0 spiro atoms. The fourth-order valence-electron chi connectivity index (χ4n) is 6.39. The Morgan fingerprint density at radius 1 is 1.20 bits per heavy atom. The number of anilines is 1. The Morgan fingerprint density at radius 2 is 2.00 bits per heavy atom. The molecule has 6 rings (SSSR count). The van der Waals surface area contributed by atoms with Crippen molar-refractivity contribution in [2.45, 2.75) is 50.7 Å². The minimum absolute atomic E-state index is 0.322. The second kappa shape index (κ2) is 11.2. The van der Waals surface area contributed by atoms with Crippen LogP contribution in [0, 0.1) is 17.4 Å². The molecule has 0 radical (unpaired) electrons. The molecule has 3 aromatic rings. The van der Waals surface area contributed by atoms with E-state index in [1.165, 1.54) is 12.0 Å². The number of nitrogens with zero attached hydrogens (tertiary/aromatic N) is 7. The van der Waals surface area contributed by atoms with Crippen molar-refractivity contribution in [2.75, 3.05) is 45.7 Å². The molecule has 2 aliphatic heterocycles. The van der Waals surface area contributed by atoms with Crippen molar-refractivity contribution in [3.8, 4) is 12.2 Å². The van der Waals surface area contributed by atoms with Crippen LogP contribution < -0.4 is 9.64 Å². The molecule has 1 aliphatic carbocycles. The number of likely N-dealkylation sites (N-methyl/N-ethyl adjacent to an activating group) is 1. The van der Waals surface area contributed by atoms with Gasteiger partial charge in [-0.25, -0.2) is 4.58 Å². The van der Waals surface area contributed by atoms with Crippen LogP contribution in [0.25, 0.3) is 10.8 Å². The van der Waals surface area contributed by atoms with Crippen LogP contribution in [0.4, 0.5) is 11.5 Å². The summed E-state index contributed by atoms with van der Waals surface area (Å²) in [7, 11) is 6.10. The minimum Gasteiger partial charge on any atom is -0.443 e. The number of likely N-dealkylation sites (tertiary alicyclic amines) is 1. The van der Waals surface area contributed by atoms with Gasteiger partial charge in [-0.15, -0.1) is 0 Å². The fourth-order valence-corrected chi connectivity index (χ4v) is 6.67. The van der Waals surface area contributed by atoms with Crippen LogP contribution in [-0.4, -0.2) is 83.5 Å². The molecule has 3 heterocycles. The lowest BCUT2D eigenvalue weighted by Gasteiger charge is -2.36. The van der Waals surface area contributed by atoms with E-state index < -0.39 is 0 Å². The van der Waals surface area contributed by atoms with E-state index in [9.17, 15) is 5.26 Å². The Hall–Kier alpha value is -3.41. The minimum atomic E-state index is 0.322. The first-order valence-corrected chi connectivity index (χ1v) is 14.6. The molecule has 0 amide bonds. The standard InChI is InChI=1S/C31H37ClN7O/c1-36-13-6-9-23(36)19-40-31-34-27-18-39(28-11-5-8-22-7-4-10-26(32)29(22)28)14-12-25(27)30(35-31)37(2)17-21-15-24(16-21)38(3)20-33/h4-5,7-8,10-11,17,21,23-24H,6,9,12-16,18-19H2,1-3H3/q+1/b37-17-/t21?,23-,24?/m0/s1. The van der Waals surface area contributed by atoms with E-state index in [-0.39, 0.29) is 0 Å². The van der Waals surface area contributed by atoms with Crippen LogP contribution >= 0.6 is 11.6 Å². The molecule has 2 fully saturated rings. The van der Waals surface area contributed by atoms with Gasteiger partial charge in [0, 0.05) is 54.1 Å². The zero-order chi connectivity index (χ0) is 27.8. The molecule has 40 heavy (non-hydrogen) atoms. The van der Waals surface area contributed by atoms with Crippen LogP contribution in [0.2, 0.25) is 5.02 Å². The van der Waals surface area contributed by atoms with Gasteiger partial charge in [0.1, 0.15) is 6.61 Å². The Morgan fingerprint density at radius 3 is 2.75 bits per heavy atom. The Kier molecular flexibility index (Phi) is 7.52. The van der Waals surface area contributed by atoms with E-state index in [0.29, 0.717) is 37.2 Å². The highest BCUT2D eigenvalue weighted by Crippen LogP contribution is 2.37. The van der Waals surface area contributed by atoms with Gasteiger partial charge in [0.05, 0.1) is 36.1 Å². The van der Waals surface area contributed by atoms with Gasteiger partial charge < -0.3 is 19.4 Å². The average molecular weight is 559 g/mol. The normalized spacial score (nSPS) is 23.0. The van der Waals surface area contributed by atoms with Crippen LogP contribution in [0.5, 0.6) is 6.01 Å². The molecule has 9 heteroatoms. The first-order valence-electron chi connectivity index (χ1n) is 14.3. The average Bonchev–Trinajstić information content (AvgIpc) is 3.36. The van der Waals surface area contributed by atoms with Gasteiger partial charge in [-0.1, -0.05) is 35.9 Å². The summed E-state index contributed by atoms with van der Waals surface area (Å²) in [6.45, 7) is 3.22. The Balaban J connectivity index is 1.31. The second-order valence-corrected chi connectivity index (χ2v) is 11.9. The highest BCUT2D eigenvalue weighted by Gasteiger charge is 2.34. The van der Waals surface area contributed by atoms with Crippen molar-refractivity contribution in [1.29, 1.82) is 5.26 Å². The third-order valence-electron chi connectivity index (χ3n) is 8.90. The summed E-state index contributed by atoms with van der Waals surface area (Å²) in [6.07, 6.45) is 9.64. The lowest BCUT2D eigenvalue weighted by atomic mass is 9.80. The van der Waals surface area contributed by atoms with Gasteiger partial charge in [-0.3, -0.25) is 0 Å². The van der Waals surface area contributed by atoms with Crippen molar-refractivity contribution >= 4 is 40.1 Å². The van der Waals surface area contributed by atoms with Crippen LogP contribution in [0.15, 0.2) is 36.4 Å². The summed E-state index contributed by atoms with van der Waals surface area (Å²) in [5.41, 5.74) is 3.31. The van der Waals surface area contributed by atoms with Crippen LogP contribution in [0.1, 0.15) is 36.9 Å². The molecule has 1 aromatic heterocycles. The maximum Gasteiger partial charge on any atom is 0.434 e. The molecule has 1 saturated heterocycles. The summed E-state index contributed by atoms with van der Waals surface area (Å²) >= 11 is 6.69. The zero-order valence-electron chi connectivity index (χ0n) is 23.6. The number of ether oxygens (including phenoxy) is 1. The largest absolute Gasteiger partial charge is 0.443 e. The number of hydrogen-bond acceptors (Lipinski definition) is 7. The van der Waals surface area contributed by atoms with E-state index in [4.69, 9.17) is 26.3 Å². The van der Waals surface area contributed by atoms with E-state index >= 15 is 0 Å². The molecule has 1 saturated carbocycles. The maximum atomic E-state index is 9.21. The number of rotatable bonds is 7. The van der Waals surface area contributed by atoms with Gasteiger partial charge >= 0.3 is 11.8 Å². The lowest BCUT2D eigenvalue weighted by molar-refractivity contribution is -0.408. The van der Waals surface area contributed by atoms with E-state index in [0.717, 1.165) is 71.8 Å². The molecule has 0 bridgehead atoms. The van der Waals surface area contributed by atoms with Crippen molar-refractivity contribution in [2.24, 2.45) is 5.92 Å². The molecule has 0 unspecified atom stereocenters. The molecule has 1 atom stereocenters. The van der Waals surface area contributed by atoms with Crippen molar-refractivity contribution < 1.29 is 9.31 Å². The predicted molar refractivity (Wildman–Crippen MR) is 159 cm³/mol. The molecule has 3 aliphatic rings. The third-order valence-corrected chi connectivity index (χ3v) is 9.21. The predicted octanol–water partition coefficient (Wildman–Crippen LogP) is 4.85. The molecular weight excluding hydrogens is 522 g/mol. The number of fused-ring (bicyclic) bond motifs is 2. The molecule has 208 valence electrons. The maximum absolute atomic E-state index is 9.21. The van der Waals surface area contributed by atoms with E-state index in [2.05, 4.69) is 65.1 Å². The molecule has 2 aromatic carbocycles. The van der Waals surface area contributed by atoms with Gasteiger partial charge in [-0.2, -0.15) is 10.2 Å². The first kappa shape index (κ1) is 26.8. The summed E-state index contributed by atoms with van der Waals surface area (Å²) in [6, 6.07) is 13.6. The van der Waals surface area contributed by atoms with Crippen LogP contribution in [0.3, 0.4) is 0 Å². The van der Waals surface area contributed by atoms with Gasteiger partial charge in [0.2, 0.25) is 0 Å². The Bertz CT molecular complexity index is 1470. The highest BCUT2D eigenvalue weighted by atomic mass is 35.5. The monoisotopic (exact) mass is 558 g/mol. The lowest BCUT2D eigenvalue weighted by Crippen LogP contribution is -2.41. The SMILES string of the molecule is CN(C#N)C1CC(/C=[N+](/C)c2nc(OC[C@@H]3CCCN3C)nc3c2CCN(c2cccc4cccc(Cl)c24)C3)C1. The number of aromatic nitrogens is 2. The van der Waals surface area contributed by atoms with Gasteiger partial charge in [0.15, 0.2) is 6.19 Å². The summed E-state index contributed by atoms with van der Waals surface area (Å²) < 4.78 is 8.43. The zero-order valence-corrected chi connectivity index (χ0v) is 24.3. The first-order chi connectivity index (χ1) is 19.4. The Labute approximate surface area is 241 Å². The highest BCUT2D eigenvalue weighted by molar-refractivity contribution is 6.36. The number of halogens is 1. The fraction of sp³-hybridized carbons (Fsp3) is 0.484.